The Morgan fingerprint density at radius 1 is 1.71 bits per heavy atom. The minimum absolute atomic E-state index is 0.169. The molecule has 0 saturated heterocycles. The number of hydrogen-bond acceptors (Lipinski definition) is 4. The number of carbonyl (C=O) groups is 1. The molecule has 0 bridgehead atoms. The van der Waals surface area contributed by atoms with Gasteiger partial charge in [0.15, 0.2) is 0 Å². The topological polar surface area (TPSA) is 56.1 Å². The Labute approximate surface area is 83.1 Å². The maximum absolute atomic E-state index is 10.8. The van der Waals surface area contributed by atoms with Gasteiger partial charge in [0, 0.05) is 26.2 Å². The summed E-state index contributed by atoms with van der Waals surface area (Å²) in [4.78, 5) is 10.8. The van der Waals surface area contributed by atoms with Crippen molar-refractivity contribution in [3.63, 3.8) is 0 Å². The molecule has 78 valence electrons. The van der Waals surface area contributed by atoms with E-state index in [1.54, 1.807) is 10.9 Å². The summed E-state index contributed by atoms with van der Waals surface area (Å²) in [5.74, 6) is -0.169. The van der Waals surface area contributed by atoms with Gasteiger partial charge in [0.2, 0.25) is 0 Å². The third-order valence-corrected chi connectivity index (χ3v) is 1.82. The van der Waals surface area contributed by atoms with Crippen molar-refractivity contribution in [2.24, 2.45) is 7.05 Å². The van der Waals surface area contributed by atoms with Crippen LogP contribution in [-0.4, -0.2) is 29.4 Å². The number of methoxy groups -OCH3 is 1. The average Bonchev–Trinajstić information content (AvgIpc) is 2.58. The van der Waals surface area contributed by atoms with E-state index in [4.69, 9.17) is 0 Å². The second-order valence-corrected chi connectivity index (χ2v) is 3.01. The van der Waals surface area contributed by atoms with E-state index in [1.807, 2.05) is 13.2 Å². The fourth-order valence-electron chi connectivity index (χ4n) is 1.08. The monoisotopic (exact) mass is 197 g/mol. The lowest BCUT2D eigenvalue weighted by Crippen LogP contribution is -2.06. The van der Waals surface area contributed by atoms with Gasteiger partial charge in [-0.25, -0.2) is 0 Å². The van der Waals surface area contributed by atoms with Crippen molar-refractivity contribution in [1.29, 1.82) is 0 Å². The van der Waals surface area contributed by atoms with Crippen molar-refractivity contribution in [2.75, 3.05) is 19.0 Å². The maximum atomic E-state index is 10.8. The highest BCUT2D eigenvalue weighted by Gasteiger charge is 1.99. The van der Waals surface area contributed by atoms with Crippen molar-refractivity contribution in [3.05, 3.63) is 12.4 Å². The van der Waals surface area contributed by atoms with Gasteiger partial charge in [-0.1, -0.05) is 0 Å². The van der Waals surface area contributed by atoms with Gasteiger partial charge < -0.3 is 10.1 Å². The van der Waals surface area contributed by atoms with Crippen LogP contribution in [0.1, 0.15) is 12.8 Å². The van der Waals surface area contributed by atoms with Crippen LogP contribution in [0.15, 0.2) is 12.4 Å². The zero-order valence-electron chi connectivity index (χ0n) is 8.49. The molecule has 0 atom stereocenters. The van der Waals surface area contributed by atoms with Crippen molar-refractivity contribution in [3.8, 4) is 0 Å². The molecule has 1 aromatic rings. The molecule has 0 aliphatic rings. The molecule has 14 heavy (non-hydrogen) atoms. The highest BCUT2D eigenvalue weighted by atomic mass is 16.5. The van der Waals surface area contributed by atoms with Crippen LogP contribution in [-0.2, 0) is 16.6 Å². The Morgan fingerprint density at radius 2 is 2.50 bits per heavy atom. The first-order chi connectivity index (χ1) is 6.72. The second kappa shape index (κ2) is 5.26. The zero-order chi connectivity index (χ0) is 10.4. The summed E-state index contributed by atoms with van der Waals surface area (Å²) in [6, 6.07) is 0. The Morgan fingerprint density at radius 3 is 3.07 bits per heavy atom. The number of rotatable bonds is 5. The van der Waals surface area contributed by atoms with Gasteiger partial charge in [-0.15, -0.1) is 0 Å². The third kappa shape index (κ3) is 3.47. The number of nitrogens with zero attached hydrogens (tertiary/aromatic N) is 2. The normalized spacial score (nSPS) is 9.86. The number of ether oxygens (including phenoxy) is 1. The summed E-state index contributed by atoms with van der Waals surface area (Å²) >= 11 is 0. The molecule has 0 saturated carbocycles. The molecule has 0 aliphatic heterocycles. The summed E-state index contributed by atoms with van der Waals surface area (Å²) in [6.45, 7) is 0.751. The number of carbonyl (C=O) groups excluding carboxylic acids is 1. The minimum Gasteiger partial charge on any atom is -0.469 e. The van der Waals surface area contributed by atoms with Crippen molar-refractivity contribution in [2.45, 2.75) is 12.8 Å². The van der Waals surface area contributed by atoms with Crippen LogP contribution in [0.5, 0.6) is 0 Å². The first-order valence-electron chi connectivity index (χ1n) is 4.51. The lowest BCUT2D eigenvalue weighted by molar-refractivity contribution is -0.140. The maximum Gasteiger partial charge on any atom is 0.305 e. The largest absolute Gasteiger partial charge is 0.469 e. The predicted octanol–water partition coefficient (Wildman–Crippen LogP) is 0.785. The number of hydrogen-bond donors (Lipinski definition) is 1. The summed E-state index contributed by atoms with van der Waals surface area (Å²) in [5, 5.41) is 7.16. The predicted molar refractivity (Wildman–Crippen MR) is 52.9 cm³/mol. The first-order valence-corrected chi connectivity index (χ1v) is 4.51. The van der Waals surface area contributed by atoms with Crippen LogP contribution in [0.3, 0.4) is 0 Å². The minimum atomic E-state index is -0.169. The quantitative estimate of drug-likeness (QED) is 0.560. The molecule has 1 rings (SSSR count). The average molecular weight is 197 g/mol. The smallest absolute Gasteiger partial charge is 0.305 e. The van der Waals surface area contributed by atoms with Crippen molar-refractivity contribution >= 4 is 11.7 Å². The molecule has 1 N–H and O–H groups in total. The second-order valence-electron chi connectivity index (χ2n) is 3.01. The molecule has 0 radical (unpaired) electrons. The summed E-state index contributed by atoms with van der Waals surface area (Å²) in [7, 11) is 3.26. The standard InChI is InChI=1S/C9H15N3O2/c1-12-7-8(6-11-12)10-5-3-4-9(13)14-2/h6-7,10H,3-5H2,1-2H3. The number of anilines is 1. The Balaban J connectivity index is 2.13. The van der Waals surface area contributed by atoms with Crippen LogP contribution in [0.4, 0.5) is 5.69 Å². The molecule has 0 aromatic carbocycles. The van der Waals surface area contributed by atoms with E-state index in [0.717, 1.165) is 18.7 Å². The van der Waals surface area contributed by atoms with Crippen LogP contribution in [0.25, 0.3) is 0 Å². The number of nitrogens with one attached hydrogen (secondary N) is 1. The molecule has 0 fully saturated rings. The third-order valence-electron chi connectivity index (χ3n) is 1.82. The van der Waals surface area contributed by atoms with E-state index in [2.05, 4.69) is 15.2 Å². The fourth-order valence-corrected chi connectivity index (χ4v) is 1.08. The summed E-state index contributed by atoms with van der Waals surface area (Å²) < 4.78 is 6.25. The Kier molecular flexibility index (Phi) is 3.97. The van der Waals surface area contributed by atoms with Crippen LogP contribution >= 0.6 is 0 Å². The molecular weight excluding hydrogens is 182 g/mol. The van der Waals surface area contributed by atoms with Crippen molar-refractivity contribution in [1.82, 2.24) is 9.78 Å². The molecule has 0 spiro atoms. The molecule has 0 amide bonds. The summed E-state index contributed by atoms with van der Waals surface area (Å²) in [6.07, 6.45) is 4.85. The molecule has 5 heteroatoms. The van der Waals surface area contributed by atoms with Gasteiger partial charge >= 0.3 is 5.97 Å². The number of aromatic nitrogens is 2. The Bertz CT molecular complexity index is 296. The molecule has 1 heterocycles. The molecular formula is C9H15N3O2. The molecule has 1 aromatic heterocycles. The molecule has 0 unspecified atom stereocenters. The van der Waals surface area contributed by atoms with Gasteiger partial charge in [0.1, 0.15) is 0 Å². The lowest BCUT2D eigenvalue weighted by atomic mass is 10.3. The highest BCUT2D eigenvalue weighted by Crippen LogP contribution is 2.03. The van der Waals surface area contributed by atoms with Crippen LogP contribution < -0.4 is 5.32 Å². The van der Waals surface area contributed by atoms with E-state index in [0.29, 0.717) is 6.42 Å². The van der Waals surface area contributed by atoms with E-state index >= 15 is 0 Å². The van der Waals surface area contributed by atoms with Gasteiger partial charge in [0.05, 0.1) is 19.0 Å². The lowest BCUT2D eigenvalue weighted by Gasteiger charge is -2.01. The number of aryl methyl sites for hydroxylation is 1. The van der Waals surface area contributed by atoms with E-state index < -0.39 is 0 Å². The van der Waals surface area contributed by atoms with E-state index in [1.165, 1.54) is 7.11 Å². The zero-order valence-corrected chi connectivity index (χ0v) is 8.49. The Hall–Kier alpha value is -1.52. The van der Waals surface area contributed by atoms with Gasteiger partial charge in [-0.3, -0.25) is 9.48 Å². The SMILES string of the molecule is COC(=O)CCCNc1cnn(C)c1. The highest BCUT2D eigenvalue weighted by molar-refractivity contribution is 5.69. The van der Waals surface area contributed by atoms with E-state index in [-0.39, 0.29) is 5.97 Å². The number of esters is 1. The van der Waals surface area contributed by atoms with Gasteiger partial charge in [-0.2, -0.15) is 5.10 Å². The van der Waals surface area contributed by atoms with Gasteiger partial charge in [-0.05, 0) is 6.42 Å². The van der Waals surface area contributed by atoms with Gasteiger partial charge in [0.25, 0.3) is 0 Å². The van der Waals surface area contributed by atoms with E-state index in [9.17, 15) is 4.79 Å². The van der Waals surface area contributed by atoms with Crippen LogP contribution in [0.2, 0.25) is 0 Å². The molecule has 5 nitrogen and oxygen atoms in total. The molecule has 0 aliphatic carbocycles. The first kappa shape index (κ1) is 10.6. The van der Waals surface area contributed by atoms with Crippen LogP contribution in [0, 0.1) is 0 Å². The fraction of sp³-hybridized carbons (Fsp3) is 0.556. The summed E-state index contributed by atoms with van der Waals surface area (Å²) in [5.41, 5.74) is 0.970. The van der Waals surface area contributed by atoms with Crippen molar-refractivity contribution < 1.29 is 9.53 Å².